The fourth-order valence-electron chi connectivity index (χ4n) is 4.00. The van der Waals surface area contributed by atoms with Gasteiger partial charge in [0.1, 0.15) is 0 Å². The molecule has 1 fully saturated rings. The second-order valence-corrected chi connectivity index (χ2v) is 9.15. The van der Waals surface area contributed by atoms with Gasteiger partial charge in [-0.1, -0.05) is 11.6 Å². The molecule has 0 bridgehead atoms. The van der Waals surface area contributed by atoms with Crippen molar-refractivity contribution in [3.8, 4) is 0 Å². The van der Waals surface area contributed by atoms with Crippen LogP contribution in [-0.2, 0) is 21.9 Å². The minimum atomic E-state index is -3.55. The number of hydrogen-bond donors (Lipinski definition) is 1. The van der Waals surface area contributed by atoms with E-state index in [0.717, 1.165) is 36.9 Å². The Morgan fingerprint density at radius 2 is 1.96 bits per heavy atom. The summed E-state index contributed by atoms with van der Waals surface area (Å²) in [4.78, 5) is 8.81. The summed E-state index contributed by atoms with van der Waals surface area (Å²) >= 11 is 5.88. The van der Waals surface area contributed by atoms with Crippen LogP contribution in [0.3, 0.4) is 0 Å². The molecular formula is C17H19ClN4O2S. The lowest BCUT2D eigenvalue weighted by Crippen LogP contribution is -2.47. The number of piperidine rings is 1. The molecule has 1 aromatic heterocycles. The first kappa shape index (κ1) is 16.8. The number of rotatable bonds is 2. The third-order valence-corrected chi connectivity index (χ3v) is 7.36. The molecule has 1 unspecified atom stereocenters. The van der Waals surface area contributed by atoms with Gasteiger partial charge in [-0.3, -0.25) is 0 Å². The highest BCUT2D eigenvalue weighted by molar-refractivity contribution is 7.89. The molecule has 0 saturated carbocycles. The highest BCUT2D eigenvalue weighted by atomic mass is 35.5. The number of nitrogens with two attached hydrogens (primary N) is 1. The molecule has 8 heteroatoms. The highest BCUT2D eigenvalue weighted by Gasteiger charge is 2.46. The molecule has 132 valence electrons. The number of nitrogens with zero attached hydrogens (tertiary/aromatic N) is 3. The molecule has 2 N–H and O–H groups in total. The molecule has 2 heterocycles. The first-order chi connectivity index (χ1) is 11.9. The summed E-state index contributed by atoms with van der Waals surface area (Å²) in [5.74, 6) is 0.248. The van der Waals surface area contributed by atoms with Gasteiger partial charge in [0, 0.05) is 29.7 Å². The predicted octanol–water partition coefficient (Wildman–Crippen LogP) is 2.38. The molecule has 1 aliphatic heterocycles. The third kappa shape index (κ3) is 2.80. The van der Waals surface area contributed by atoms with E-state index in [0.29, 0.717) is 18.1 Å². The highest BCUT2D eigenvalue weighted by Crippen LogP contribution is 2.45. The van der Waals surface area contributed by atoms with Crippen molar-refractivity contribution in [2.75, 3.05) is 18.8 Å². The quantitative estimate of drug-likeness (QED) is 0.866. The Bertz CT molecular complexity index is 913. The number of benzene rings is 1. The minimum absolute atomic E-state index is 0.248. The molecule has 6 nitrogen and oxygen atoms in total. The topological polar surface area (TPSA) is 89.2 Å². The van der Waals surface area contributed by atoms with Crippen LogP contribution in [0.2, 0.25) is 5.02 Å². The molecule has 1 aromatic carbocycles. The van der Waals surface area contributed by atoms with Crippen LogP contribution >= 0.6 is 11.6 Å². The lowest BCUT2D eigenvalue weighted by Gasteiger charge is -2.39. The number of nitrogen functional groups attached to an aromatic ring is 1. The van der Waals surface area contributed by atoms with E-state index in [1.807, 2.05) is 0 Å². The fourth-order valence-corrected chi connectivity index (χ4v) is 5.69. The van der Waals surface area contributed by atoms with Crippen molar-refractivity contribution >= 4 is 27.6 Å². The summed E-state index contributed by atoms with van der Waals surface area (Å²) in [6, 6.07) is 6.32. The Morgan fingerprint density at radius 1 is 1.20 bits per heavy atom. The van der Waals surface area contributed by atoms with Crippen LogP contribution in [0, 0.1) is 0 Å². The van der Waals surface area contributed by atoms with E-state index in [2.05, 4.69) is 9.97 Å². The number of anilines is 1. The average molecular weight is 379 g/mol. The predicted molar refractivity (Wildman–Crippen MR) is 95.9 cm³/mol. The Kier molecular flexibility index (Phi) is 3.97. The Labute approximate surface area is 152 Å². The van der Waals surface area contributed by atoms with Crippen LogP contribution in [0.4, 0.5) is 5.95 Å². The maximum Gasteiger partial charge on any atom is 0.243 e. The lowest BCUT2D eigenvalue weighted by atomic mass is 9.78. The smallest absolute Gasteiger partial charge is 0.243 e. The van der Waals surface area contributed by atoms with Gasteiger partial charge < -0.3 is 5.73 Å². The second-order valence-electron chi connectivity index (χ2n) is 6.78. The van der Waals surface area contributed by atoms with Gasteiger partial charge in [-0.25, -0.2) is 18.4 Å². The molecule has 2 aliphatic rings. The molecule has 1 atom stereocenters. The van der Waals surface area contributed by atoms with Crippen molar-refractivity contribution in [3.05, 3.63) is 46.7 Å². The van der Waals surface area contributed by atoms with E-state index in [1.54, 1.807) is 34.8 Å². The number of sulfonamides is 1. The molecule has 1 saturated heterocycles. The number of hydrogen-bond acceptors (Lipinski definition) is 5. The van der Waals surface area contributed by atoms with Gasteiger partial charge in [0.25, 0.3) is 0 Å². The standard InChI is InChI=1S/C17H19ClN4O2S/c18-13-2-4-14(5-3-13)25(23,24)22-9-1-7-17(11-22)8-6-12-10-20-16(19)21-15(12)17/h2-5,10H,1,6-9,11H2,(H2,19,20,21). The normalized spacial score (nSPS) is 23.7. The number of aryl methyl sites for hydroxylation is 1. The number of halogens is 1. The lowest BCUT2D eigenvalue weighted by molar-refractivity contribution is 0.219. The number of fused-ring (bicyclic) bond motifs is 2. The maximum atomic E-state index is 13.0. The summed E-state index contributed by atoms with van der Waals surface area (Å²) in [7, 11) is -3.55. The largest absolute Gasteiger partial charge is 0.368 e. The van der Waals surface area contributed by atoms with Crippen molar-refractivity contribution in [1.29, 1.82) is 0 Å². The van der Waals surface area contributed by atoms with Crippen molar-refractivity contribution in [3.63, 3.8) is 0 Å². The van der Waals surface area contributed by atoms with Crippen molar-refractivity contribution in [2.24, 2.45) is 0 Å². The SMILES string of the molecule is Nc1ncc2c(n1)C1(CCCN(S(=O)(=O)c3ccc(Cl)cc3)C1)CC2. The third-order valence-electron chi connectivity index (χ3n) is 5.25. The Balaban J connectivity index is 1.69. The van der Waals surface area contributed by atoms with Crippen LogP contribution in [0.15, 0.2) is 35.4 Å². The van der Waals surface area contributed by atoms with Gasteiger partial charge in [0.15, 0.2) is 0 Å². The number of aromatic nitrogens is 2. The zero-order valence-electron chi connectivity index (χ0n) is 13.7. The van der Waals surface area contributed by atoms with Gasteiger partial charge in [-0.15, -0.1) is 0 Å². The van der Waals surface area contributed by atoms with Crippen LogP contribution < -0.4 is 5.73 Å². The monoisotopic (exact) mass is 378 g/mol. The fraction of sp³-hybridized carbons (Fsp3) is 0.412. The van der Waals surface area contributed by atoms with E-state index in [1.165, 1.54) is 0 Å². The molecule has 1 aliphatic carbocycles. The van der Waals surface area contributed by atoms with E-state index in [-0.39, 0.29) is 16.3 Å². The van der Waals surface area contributed by atoms with Gasteiger partial charge in [-0.05, 0) is 55.5 Å². The Morgan fingerprint density at radius 3 is 2.72 bits per heavy atom. The van der Waals surface area contributed by atoms with Crippen molar-refractivity contribution in [1.82, 2.24) is 14.3 Å². The van der Waals surface area contributed by atoms with Gasteiger partial charge in [0.2, 0.25) is 16.0 Å². The maximum absolute atomic E-state index is 13.0. The minimum Gasteiger partial charge on any atom is -0.368 e. The van der Waals surface area contributed by atoms with Gasteiger partial charge in [0.05, 0.1) is 10.6 Å². The van der Waals surface area contributed by atoms with E-state index >= 15 is 0 Å². The average Bonchev–Trinajstić information content (AvgIpc) is 2.93. The Hall–Kier alpha value is -1.70. The van der Waals surface area contributed by atoms with Gasteiger partial charge >= 0.3 is 0 Å². The van der Waals surface area contributed by atoms with Gasteiger partial charge in [-0.2, -0.15) is 4.31 Å². The zero-order chi connectivity index (χ0) is 17.7. The molecule has 0 amide bonds. The van der Waals surface area contributed by atoms with Crippen molar-refractivity contribution in [2.45, 2.75) is 36.0 Å². The summed E-state index contributed by atoms with van der Waals surface area (Å²) in [6.07, 6.45) is 5.25. The van der Waals surface area contributed by atoms with Crippen LogP contribution in [0.5, 0.6) is 0 Å². The van der Waals surface area contributed by atoms with Crippen molar-refractivity contribution < 1.29 is 8.42 Å². The summed E-state index contributed by atoms with van der Waals surface area (Å²) in [6.45, 7) is 0.948. The van der Waals surface area contributed by atoms with Crippen LogP contribution in [-0.4, -0.2) is 35.8 Å². The van der Waals surface area contributed by atoms with E-state index in [9.17, 15) is 8.42 Å². The first-order valence-electron chi connectivity index (χ1n) is 8.28. The first-order valence-corrected chi connectivity index (χ1v) is 10.1. The van der Waals surface area contributed by atoms with E-state index < -0.39 is 10.0 Å². The summed E-state index contributed by atoms with van der Waals surface area (Å²) in [5.41, 5.74) is 7.53. The summed E-state index contributed by atoms with van der Waals surface area (Å²) < 4.78 is 27.7. The molecule has 1 spiro atoms. The second kappa shape index (κ2) is 5.93. The summed E-state index contributed by atoms with van der Waals surface area (Å²) in [5, 5.41) is 0.519. The van der Waals surface area contributed by atoms with E-state index in [4.69, 9.17) is 17.3 Å². The zero-order valence-corrected chi connectivity index (χ0v) is 15.2. The molecule has 0 radical (unpaired) electrons. The molecular weight excluding hydrogens is 360 g/mol. The van der Waals surface area contributed by atoms with Crippen LogP contribution in [0.25, 0.3) is 0 Å². The molecule has 2 aromatic rings. The molecule has 25 heavy (non-hydrogen) atoms. The van der Waals surface area contributed by atoms with Crippen LogP contribution in [0.1, 0.15) is 30.5 Å². The molecule has 4 rings (SSSR count).